The number of fused-ring (bicyclic) bond motifs is 1. The fourth-order valence-corrected chi connectivity index (χ4v) is 2.39. The Bertz CT molecular complexity index is 676. The molecule has 0 aliphatic carbocycles. The third kappa shape index (κ3) is 3.64. The highest BCUT2D eigenvalue weighted by Crippen LogP contribution is 2.32. The van der Waals surface area contributed by atoms with Gasteiger partial charge in [-0.3, -0.25) is 4.90 Å². The average molecular weight is 317 g/mol. The van der Waals surface area contributed by atoms with Crippen LogP contribution in [0.2, 0.25) is 0 Å². The van der Waals surface area contributed by atoms with Crippen LogP contribution in [0.5, 0.6) is 11.5 Å². The standard InChI is InChI=1S/C17H23N3O3/c1-5-20(10-15-18-16(19-23-15)17(2,3)4)9-12-6-7-13-14(8-12)22-11-21-13/h6-8H,5,9-11H2,1-4H3. The molecule has 1 aromatic carbocycles. The van der Waals surface area contributed by atoms with E-state index in [2.05, 4.69) is 48.8 Å². The number of nitrogens with zero attached hydrogens (tertiary/aromatic N) is 3. The van der Waals surface area contributed by atoms with E-state index in [0.717, 1.165) is 30.4 Å². The SMILES string of the molecule is CCN(Cc1ccc2c(c1)OCO2)Cc1nc(C(C)(C)C)no1. The highest BCUT2D eigenvalue weighted by molar-refractivity contribution is 5.44. The monoisotopic (exact) mass is 317 g/mol. The van der Waals surface area contributed by atoms with Gasteiger partial charge in [-0.2, -0.15) is 4.98 Å². The molecule has 0 radical (unpaired) electrons. The first-order valence-corrected chi connectivity index (χ1v) is 7.89. The maximum Gasteiger partial charge on any atom is 0.240 e. The molecule has 2 heterocycles. The number of hydrogen-bond acceptors (Lipinski definition) is 6. The summed E-state index contributed by atoms with van der Waals surface area (Å²) in [5, 5.41) is 4.08. The number of rotatable bonds is 5. The van der Waals surface area contributed by atoms with Crippen molar-refractivity contribution in [3.63, 3.8) is 0 Å². The van der Waals surface area contributed by atoms with E-state index in [1.54, 1.807) is 0 Å². The maximum atomic E-state index is 5.43. The molecule has 1 aromatic heterocycles. The van der Waals surface area contributed by atoms with Gasteiger partial charge in [0.1, 0.15) is 0 Å². The minimum absolute atomic E-state index is 0.101. The minimum Gasteiger partial charge on any atom is -0.454 e. The van der Waals surface area contributed by atoms with Crippen molar-refractivity contribution in [1.82, 2.24) is 15.0 Å². The van der Waals surface area contributed by atoms with Gasteiger partial charge in [-0.05, 0) is 24.2 Å². The van der Waals surface area contributed by atoms with Gasteiger partial charge in [0.05, 0.1) is 6.54 Å². The van der Waals surface area contributed by atoms with Gasteiger partial charge in [0.2, 0.25) is 12.7 Å². The molecule has 23 heavy (non-hydrogen) atoms. The van der Waals surface area contributed by atoms with Gasteiger partial charge in [-0.15, -0.1) is 0 Å². The van der Waals surface area contributed by atoms with Gasteiger partial charge >= 0.3 is 0 Å². The lowest BCUT2D eigenvalue weighted by Crippen LogP contribution is -2.22. The van der Waals surface area contributed by atoms with Crippen molar-refractivity contribution in [1.29, 1.82) is 0 Å². The van der Waals surface area contributed by atoms with Crippen LogP contribution in [0.3, 0.4) is 0 Å². The molecule has 0 spiro atoms. The Morgan fingerprint density at radius 2 is 1.91 bits per heavy atom. The van der Waals surface area contributed by atoms with E-state index in [9.17, 15) is 0 Å². The lowest BCUT2D eigenvalue weighted by atomic mass is 9.96. The predicted octanol–water partition coefficient (Wildman–Crippen LogP) is 3.12. The van der Waals surface area contributed by atoms with Crippen molar-refractivity contribution in [2.75, 3.05) is 13.3 Å². The van der Waals surface area contributed by atoms with Crippen molar-refractivity contribution in [3.8, 4) is 11.5 Å². The smallest absolute Gasteiger partial charge is 0.240 e. The largest absolute Gasteiger partial charge is 0.454 e. The lowest BCUT2D eigenvalue weighted by Gasteiger charge is -2.18. The fourth-order valence-electron chi connectivity index (χ4n) is 2.39. The van der Waals surface area contributed by atoms with Crippen molar-refractivity contribution < 1.29 is 14.0 Å². The van der Waals surface area contributed by atoms with E-state index in [1.807, 2.05) is 12.1 Å². The summed E-state index contributed by atoms with van der Waals surface area (Å²) >= 11 is 0. The van der Waals surface area contributed by atoms with Crippen LogP contribution >= 0.6 is 0 Å². The molecule has 0 saturated heterocycles. The molecule has 0 saturated carbocycles. The number of benzene rings is 1. The fraction of sp³-hybridized carbons (Fsp3) is 0.529. The molecule has 3 rings (SSSR count). The molecule has 6 nitrogen and oxygen atoms in total. The molecule has 0 amide bonds. The second-order valence-corrected chi connectivity index (χ2v) is 6.75. The number of hydrogen-bond donors (Lipinski definition) is 0. The zero-order valence-electron chi connectivity index (χ0n) is 14.1. The Morgan fingerprint density at radius 3 is 2.61 bits per heavy atom. The van der Waals surface area contributed by atoms with Crippen molar-refractivity contribution >= 4 is 0 Å². The Kier molecular flexibility index (Phi) is 4.26. The molecular formula is C17H23N3O3. The molecule has 2 aromatic rings. The van der Waals surface area contributed by atoms with Crippen LogP contribution in [0, 0.1) is 0 Å². The minimum atomic E-state index is -0.101. The summed E-state index contributed by atoms with van der Waals surface area (Å²) < 4.78 is 16.2. The molecule has 124 valence electrons. The second-order valence-electron chi connectivity index (χ2n) is 6.75. The molecule has 0 atom stereocenters. The summed E-state index contributed by atoms with van der Waals surface area (Å²) in [6, 6.07) is 6.04. The third-order valence-corrected chi connectivity index (χ3v) is 3.79. The maximum absolute atomic E-state index is 5.43. The summed E-state index contributed by atoms with van der Waals surface area (Å²) in [5.41, 5.74) is 1.07. The van der Waals surface area contributed by atoms with Crippen LogP contribution in [0.15, 0.2) is 22.7 Å². The predicted molar refractivity (Wildman–Crippen MR) is 85.4 cm³/mol. The first-order valence-electron chi connectivity index (χ1n) is 7.89. The first-order chi connectivity index (χ1) is 11.0. The van der Waals surface area contributed by atoms with Gasteiger partial charge < -0.3 is 14.0 Å². The Balaban J connectivity index is 1.67. The molecule has 0 fully saturated rings. The Morgan fingerprint density at radius 1 is 1.13 bits per heavy atom. The second kappa shape index (κ2) is 6.20. The van der Waals surface area contributed by atoms with Crippen LogP contribution in [0.25, 0.3) is 0 Å². The quantitative estimate of drug-likeness (QED) is 0.844. The molecule has 1 aliphatic rings. The van der Waals surface area contributed by atoms with Crippen molar-refractivity contribution in [3.05, 3.63) is 35.5 Å². The number of aromatic nitrogens is 2. The summed E-state index contributed by atoms with van der Waals surface area (Å²) in [6.07, 6.45) is 0. The molecule has 0 unspecified atom stereocenters. The van der Waals surface area contributed by atoms with Crippen LogP contribution in [-0.2, 0) is 18.5 Å². The third-order valence-electron chi connectivity index (χ3n) is 3.79. The normalized spacial score (nSPS) is 13.8. The Labute approximate surface area is 136 Å². The molecule has 0 bridgehead atoms. The Hall–Kier alpha value is -2.08. The molecule has 6 heteroatoms. The van der Waals surface area contributed by atoms with E-state index in [-0.39, 0.29) is 5.41 Å². The van der Waals surface area contributed by atoms with Crippen LogP contribution in [-0.4, -0.2) is 28.4 Å². The van der Waals surface area contributed by atoms with Crippen molar-refractivity contribution in [2.24, 2.45) is 0 Å². The van der Waals surface area contributed by atoms with Crippen LogP contribution < -0.4 is 9.47 Å². The molecule has 0 N–H and O–H groups in total. The number of ether oxygens (including phenoxy) is 2. The first kappa shape index (κ1) is 15.8. The highest BCUT2D eigenvalue weighted by atomic mass is 16.7. The van der Waals surface area contributed by atoms with E-state index in [0.29, 0.717) is 19.2 Å². The lowest BCUT2D eigenvalue weighted by molar-refractivity contribution is 0.174. The summed E-state index contributed by atoms with van der Waals surface area (Å²) in [6.45, 7) is 11.0. The van der Waals surface area contributed by atoms with E-state index >= 15 is 0 Å². The van der Waals surface area contributed by atoms with E-state index < -0.39 is 0 Å². The molecule has 1 aliphatic heterocycles. The summed E-state index contributed by atoms with van der Waals surface area (Å²) in [5.74, 6) is 3.01. The van der Waals surface area contributed by atoms with Crippen LogP contribution in [0.1, 0.15) is 45.0 Å². The molecular weight excluding hydrogens is 294 g/mol. The van der Waals surface area contributed by atoms with Gasteiger partial charge in [0.25, 0.3) is 0 Å². The zero-order valence-corrected chi connectivity index (χ0v) is 14.1. The van der Waals surface area contributed by atoms with Gasteiger partial charge in [0.15, 0.2) is 17.3 Å². The van der Waals surface area contributed by atoms with Crippen molar-refractivity contribution in [2.45, 2.75) is 46.2 Å². The van der Waals surface area contributed by atoms with Gasteiger partial charge in [0, 0.05) is 12.0 Å². The average Bonchev–Trinajstić information content (AvgIpc) is 3.14. The highest BCUT2D eigenvalue weighted by Gasteiger charge is 2.22. The zero-order chi connectivity index (χ0) is 16.4. The van der Waals surface area contributed by atoms with E-state index in [1.165, 1.54) is 5.56 Å². The van der Waals surface area contributed by atoms with E-state index in [4.69, 9.17) is 14.0 Å². The summed E-state index contributed by atoms with van der Waals surface area (Å²) in [4.78, 5) is 6.75. The van der Waals surface area contributed by atoms with Crippen LogP contribution in [0.4, 0.5) is 0 Å². The van der Waals surface area contributed by atoms with Gasteiger partial charge in [-0.1, -0.05) is 38.9 Å². The topological polar surface area (TPSA) is 60.6 Å². The van der Waals surface area contributed by atoms with Gasteiger partial charge in [-0.25, -0.2) is 0 Å². The summed E-state index contributed by atoms with van der Waals surface area (Å²) in [7, 11) is 0.